The molecule has 0 bridgehead atoms. The van der Waals surface area contributed by atoms with Gasteiger partial charge in [0.25, 0.3) is 0 Å². The summed E-state index contributed by atoms with van der Waals surface area (Å²) in [5.41, 5.74) is -0.134. The molecule has 3 heterocycles. The molecule has 6 nitrogen and oxygen atoms in total. The molecule has 1 aliphatic rings. The fourth-order valence-corrected chi connectivity index (χ4v) is 3.03. The average molecular weight is 319 g/mol. The van der Waals surface area contributed by atoms with Crippen molar-refractivity contribution in [3.63, 3.8) is 0 Å². The molecule has 1 N–H and O–H groups in total. The van der Waals surface area contributed by atoms with Gasteiger partial charge in [0, 0.05) is 11.5 Å². The van der Waals surface area contributed by atoms with Crippen LogP contribution >= 0.6 is 0 Å². The number of likely N-dealkylation sites (tertiary alicyclic amines) is 1. The first kappa shape index (κ1) is 16.2. The van der Waals surface area contributed by atoms with Crippen molar-refractivity contribution in [2.24, 2.45) is 0 Å². The number of aliphatic hydroxyl groups is 1. The summed E-state index contributed by atoms with van der Waals surface area (Å²) < 4.78 is 10.7. The Hall–Kier alpha value is -1.66. The normalized spacial score (nSPS) is 21.0. The molecule has 3 rings (SSSR count). The molecule has 0 aromatic carbocycles. The predicted molar refractivity (Wildman–Crippen MR) is 84.7 cm³/mol. The van der Waals surface area contributed by atoms with Crippen molar-refractivity contribution in [3.8, 4) is 0 Å². The van der Waals surface area contributed by atoms with Crippen LogP contribution in [0.25, 0.3) is 0 Å². The lowest BCUT2D eigenvalue weighted by Crippen LogP contribution is -2.30. The second kappa shape index (κ2) is 6.45. The van der Waals surface area contributed by atoms with Crippen LogP contribution in [-0.2, 0) is 12.0 Å². The molecule has 2 aromatic rings. The van der Waals surface area contributed by atoms with E-state index in [0.29, 0.717) is 36.5 Å². The van der Waals surface area contributed by atoms with E-state index in [1.54, 1.807) is 12.3 Å². The van der Waals surface area contributed by atoms with Crippen LogP contribution in [0.5, 0.6) is 0 Å². The minimum Gasteiger partial charge on any atom is -0.467 e. The van der Waals surface area contributed by atoms with Crippen LogP contribution in [0.4, 0.5) is 0 Å². The molecule has 0 saturated carbocycles. The quantitative estimate of drug-likeness (QED) is 0.913. The van der Waals surface area contributed by atoms with Crippen molar-refractivity contribution in [2.75, 3.05) is 6.54 Å². The zero-order valence-corrected chi connectivity index (χ0v) is 14.0. The van der Waals surface area contributed by atoms with Gasteiger partial charge in [0.05, 0.1) is 12.8 Å². The van der Waals surface area contributed by atoms with E-state index in [4.69, 9.17) is 8.94 Å². The maximum absolute atomic E-state index is 10.3. The molecule has 1 aliphatic heterocycles. The number of hydrogen-bond acceptors (Lipinski definition) is 6. The number of hydrogen-bond donors (Lipinski definition) is 1. The number of furan rings is 1. The molecular weight excluding hydrogens is 294 g/mol. The Balaban J connectivity index is 1.62. The van der Waals surface area contributed by atoms with E-state index in [-0.39, 0.29) is 5.41 Å². The van der Waals surface area contributed by atoms with E-state index in [2.05, 4.69) is 35.8 Å². The molecule has 2 unspecified atom stereocenters. The Morgan fingerprint density at radius 2 is 2.26 bits per heavy atom. The molecule has 1 fully saturated rings. The molecular formula is C17H25N3O3. The zero-order valence-electron chi connectivity index (χ0n) is 14.0. The molecule has 0 spiro atoms. The number of aliphatic hydroxyl groups excluding tert-OH is 1. The third kappa shape index (κ3) is 3.82. The fourth-order valence-electron chi connectivity index (χ4n) is 3.03. The van der Waals surface area contributed by atoms with E-state index >= 15 is 0 Å². The van der Waals surface area contributed by atoms with E-state index in [0.717, 1.165) is 19.4 Å². The van der Waals surface area contributed by atoms with Gasteiger partial charge in [0.2, 0.25) is 5.89 Å². The fraction of sp³-hybridized carbons (Fsp3) is 0.647. The molecule has 0 amide bonds. The lowest BCUT2D eigenvalue weighted by Gasteiger charge is -2.24. The van der Waals surface area contributed by atoms with Gasteiger partial charge in [-0.3, -0.25) is 4.90 Å². The van der Waals surface area contributed by atoms with Gasteiger partial charge in [-0.15, -0.1) is 0 Å². The highest BCUT2D eigenvalue weighted by molar-refractivity contribution is 5.03. The third-order valence-electron chi connectivity index (χ3n) is 4.32. The summed E-state index contributed by atoms with van der Waals surface area (Å²) in [5.74, 6) is 2.01. The summed E-state index contributed by atoms with van der Waals surface area (Å²) in [6, 6.07) is 3.93. The van der Waals surface area contributed by atoms with Gasteiger partial charge in [-0.05, 0) is 37.9 Å². The van der Waals surface area contributed by atoms with Gasteiger partial charge < -0.3 is 14.0 Å². The van der Waals surface area contributed by atoms with Gasteiger partial charge >= 0.3 is 0 Å². The van der Waals surface area contributed by atoms with Crippen molar-refractivity contribution in [1.29, 1.82) is 0 Å². The maximum atomic E-state index is 10.3. The lowest BCUT2D eigenvalue weighted by molar-refractivity contribution is 0.0984. The second-order valence-electron chi connectivity index (χ2n) is 7.30. The molecule has 2 atom stereocenters. The molecule has 0 radical (unpaired) electrons. The second-order valence-corrected chi connectivity index (χ2v) is 7.30. The average Bonchev–Trinajstić information content (AvgIpc) is 3.19. The number of nitrogens with zero attached hydrogens (tertiary/aromatic N) is 3. The van der Waals surface area contributed by atoms with Crippen LogP contribution in [0.3, 0.4) is 0 Å². The first-order valence-corrected chi connectivity index (χ1v) is 8.22. The Morgan fingerprint density at radius 3 is 2.91 bits per heavy atom. The summed E-state index contributed by atoms with van der Waals surface area (Å²) in [5, 5.41) is 14.4. The van der Waals surface area contributed by atoms with Crippen molar-refractivity contribution in [3.05, 3.63) is 35.9 Å². The highest BCUT2D eigenvalue weighted by atomic mass is 16.5. The van der Waals surface area contributed by atoms with Gasteiger partial charge in [0.1, 0.15) is 11.9 Å². The Morgan fingerprint density at radius 1 is 1.43 bits per heavy atom. The van der Waals surface area contributed by atoms with Gasteiger partial charge in [-0.1, -0.05) is 25.9 Å². The minimum absolute atomic E-state index is 0.134. The standard InChI is InChI=1S/C17H25N3O3/c1-17(2,3)16-18-15(19-23-16)11-20-8-4-6-12(20)10-13(21)14-7-5-9-22-14/h5,7,9,12-13,21H,4,6,8,10-11H2,1-3H3. The molecule has 23 heavy (non-hydrogen) atoms. The lowest BCUT2D eigenvalue weighted by atomic mass is 9.97. The topological polar surface area (TPSA) is 75.5 Å². The summed E-state index contributed by atoms with van der Waals surface area (Å²) in [7, 11) is 0. The molecule has 126 valence electrons. The molecule has 2 aromatic heterocycles. The summed E-state index contributed by atoms with van der Waals surface area (Å²) in [6.07, 6.45) is 3.89. The van der Waals surface area contributed by atoms with Crippen LogP contribution < -0.4 is 0 Å². The number of aromatic nitrogens is 2. The first-order chi connectivity index (χ1) is 10.9. The van der Waals surface area contributed by atoms with Crippen LogP contribution in [0.2, 0.25) is 0 Å². The van der Waals surface area contributed by atoms with Gasteiger partial charge in [0.15, 0.2) is 5.82 Å². The van der Waals surface area contributed by atoms with Crippen LogP contribution in [0.1, 0.15) is 63.6 Å². The van der Waals surface area contributed by atoms with Crippen molar-refractivity contribution in [2.45, 2.75) is 64.1 Å². The Kier molecular flexibility index (Phi) is 4.55. The van der Waals surface area contributed by atoms with Crippen molar-refractivity contribution < 1.29 is 14.0 Å². The summed E-state index contributed by atoms with van der Waals surface area (Å²) >= 11 is 0. The highest BCUT2D eigenvalue weighted by Crippen LogP contribution is 2.29. The Bertz CT molecular complexity index is 615. The maximum Gasteiger partial charge on any atom is 0.232 e. The highest BCUT2D eigenvalue weighted by Gasteiger charge is 2.30. The zero-order chi connectivity index (χ0) is 16.4. The smallest absolute Gasteiger partial charge is 0.232 e. The third-order valence-corrected chi connectivity index (χ3v) is 4.32. The molecule has 1 saturated heterocycles. The monoisotopic (exact) mass is 319 g/mol. The van der Waals surface area contributed by atoms with Crippen LogP contribution in [0, 0.1) is 0 Å². The molecule has 0 aliphatic carbocycles. The van der Waals surface area contributed by atoms with Crippen molar-refractivity contribution >= 4 is 0 Å². The number of rotatable bonds is 5. The van der Waals surface area contributed by atoms with E-state index < -0.39 is 6.10 Å². The predicted octanol–water partition coefficient (Wildman–Crippen LogP) is 3.05. The van der Waals surface area contributed by atoms with E-state index in [1.165, 1.54) is 0 Å². The Labute approximate surface area is 136 Å². The van der Waals surface area contributed by atoms with Gasteiger partial charge in [-0.2, -0.15) is 4.98 Å². The van der Waals surface area contributed by atoms with Crippen molar-refractivity contribution in [1.82, 2.24) is 15.0 Å². The summed E-state index contributed by atoms with van der Waals surface area (Å²) in [6.45, 7) is 7.83. The molecule has 6 heteroatoms. The minimum atomic E-state index is -0.564. The first-order valence-electron chi connectivity index (χ1n) is 8.22. The SMILES string of the molecule is CC(C)(C)c1nc(CN2CCCC2CC(O)c2ccco2)no1. The van der Waals surface area contributed by atoms with Crippen LogP contribution in [-0.4, -0.2) is 32.7 Å². The summed E-state index contributed by atoms with van der Waals surface area (Å²) in [4.78, 5) is 6.83. The van der Waals surface area contributed by atoms with Gasteiger partial charge in [-0.25, -0.2) is 0 Å². The largest absolute Gasteiger partial charge is 0.467 e. The van der Waals surface area contributed by atoms with E-state index in [9.17, 15) is 5.11 Å². The van der Waals surface area contributed by atoms with Crippen LogP contribution in [0.15, 0.2) is 27.3 Å². The van der Waals surface area contributed by atoms with E-state index in [1.807, 2.05) is 6.07 Å².